The second kappa shape index (κ2) is 9.74. The zero-order valence-corrected chi connectivity index (χ0v) is 19.5. The van der Waals surface area contributed by atoms with Gasteiger partial charge in [0.25, 0.3) is 5.91 Å². The maximum Gasteiger partial charge on any atom is 0.412 e. The van der Waals surface area contributed by atoms with Crippen molar-refractivity contribution < 1.29 is 19.1 Å². The average Bonchev–Trinajstić information content (AvgIpc) is 2.68. The van der Waals surface area contributed by atoms with E-state index in [-0.39, 0.29) is 5.91 Å². The molecule has 166 valence electrons. The van der Waals surface area contributed by atoms with Gasteiger partial charge in [0, 0.05) is 27.5 Å². The van der Waals surface area contributed by atoms with E-state index in [1.807, 2.05) is 12.1 Å². The van der Waals surface area contributed by atoms with Crippen molar-refractivity contribution in [3.05, 3.63) is 76.8 Å². The number of anilines is 3. The number of nitrogens with one attached hydrogen (secondary N) is 2. The number of carbonyl (C=O) groups excluding carboxylic acids is 2. The van der Waals surface area contributed by atoms with Gasteiger partial charge >= 0.3 is 6.09 Å². The maximum absolute atomic E-state index is 12.5. The molecule has 0 atom stereocenters. The van der Waals surface area contributed by atoms with Crippen LogP contribution < -0.4 is 21.1 Å². The maximum atomic E-state index is 12.5. The first-order chi connectivity index (χ1) is 15.1. The molecule has 0 aromatic heterocycles. The summed E-state index contributed by atoms with van der Waals surface area (Å²) in [5.74, 6) is 0.569. The first-order valence-electron chi connectivity index (χ1n) is 9.83. The van der Waals surface area contributed by atoms with Crippen molar-refractivity contribution in [1.82, 2.24) is 0 Å². The van der Waals surface area contributed by atoms with Gasteiger partial charge in [0.15, 0.2) is 0 Å². The van der Waals surface area contributed by atoms with Crippen LogP contribution in [0.5, 0.6) is 11.5 Å². The Morgan fingerprint density at radius 1 is 0.906 bits per heavy atom. The minimum absolute atomic E-state index is 0.287. The van der Waals surface area contributed by atoms with Crippen LogP contribution in [0.15, 0.2) is 71.2 Å². The van der Waals surface area contributed by atoms with E-state index in [0.29, 0.717) is 34.1 Å². The summed E-state index contributed by atoms with van der Waals surface area (Å²) < 4.78 is 12.0. The summed E-state index contributed by atoms with van der Waals surface area (Å²) in [6.45, 7) is 5.37. The molecule has 3 rings (SSSR count). The predicted octanol–water partition coefficient (Wildman–Crippen LogP) is 6.42. The molecule has 3 aromatic rings. The first-order valence-corrected chi connectivity index (χ1v) is 10.6. The van der Waals surface area contributed by atoms with Gasteiger partial charge in [0.1, 0.15) is 17.1 Å². The molecule has 0 radical (unpaired) electrons. The van der Waals surface area contributed by atoms with Crippen LogP contribution in [0.25, 0.3) is 0 Å². The zero-order chi connectivity index (χ0) is 23.3. The molecule has 0 saturated heterocycles. The molecule has 0 unspecified atom stereocenters. The number of carbonyl (C=O) groups is 2. The molecule has 32 heavy (non-hydrogen) atoms. The van der Waals surface area contributed by atoms with Crippen LogP contribution in [-0.4, -0.2) is 17.6 Å². The van der Waals surface area contributed by atoms with Gasteiger partial charge in [0.2, 0.25) is 0 Å². The third-order valence-electron chi connectivity index (χ3n) is 4.06. The SMILES string of the molecule is CC(C)(C)OC(=O)Nc1cccc(Oc2ccc(C(=O)Nc3cccc(Br)c3)cc2N)c1. The number of ether oxygens (including phenoxy) is 2. The van der Waals surface area contributed by atoms with Crippen molar-refractivity contribution in [2.24, 2.45) is 0 Å². The molecule has 0 heterocycles. The molecule has 0 bridgehead atoms. The number of hydrogen-bond donors (Lipinski definition) is 3. The van der Waals surface area contributed by atoms with Gasteiger partial charge in [-0.25, -0.2) is 4.79 Å². The first kappa shape index (κ1) is 23.1. The van der Waals surface area contributed by atoms with E-state index >= 15 is 0 Å². The highest BCUT2D eigenvalue weighted by molar-refractivity contribution is 9.10. The summed E-state index contributed by atoms with van der Waals surface area (Å²) in [7, 11) is 0. The highest BCUT2D eigenvalue weighted by Gasteiger charge is 2.16. The molecule has 0 aliphatic carbocycles. The molecule has 0 aliphatic heterocycles. The van der Waals surface area contributed by atoms with Crippen LogP contribution in [0.1, 0.15) is 31.1 Å². The molecular formula is C24H24BrN3O4. The number of rotatable bonds is 5. The minimum atomic E-state index is -0.600. The van der Waals surface area contributed by atoms with Crippen LogP contribution in [0, 0.1) is 0 Å². The highest BCUT2D eigenvalue weighted by Crippen LogP contribution is 2.30. The van der Waals surface area contributed by atoms with E-state index in [0.717, 1.165) is 4.47 Å². The number of hydrogen-bond acceptors (Lipinski definition) is 5. The van der Waals surface area contributed by atoms with E-state index in [1.165, 1.54) is 0 Å². The molecule has 0 aliphatic rings. The Morgan fingerprint density at radius 2 is 1.59 bits per heavy atom. The molecule has 0 saturated carbocycles. The largest absolute Gasteiger partial charge is 0.455 e. The van der Waals surface area contributed by atoms with E-state index < -0.39 is 11.7 Å². The number of benzene rings is 3. The van der Waals surface area contributed by atoms with Gasteiger partial charge < -0.3 is 20.5 Å². The van der Waals surface area contributed by atoms with E-state index in [9.17, 15) is 9.59 Å². The lowest BCUT2D eigenvalue weighted by atomic mass is 10.1. The Morgan fingerprint density at radius 3 is 2.25 bits per heavy atom. The Kier molecular flexibility index (Phi) is 7.05. The Bertz CT molecular complexity index is 1140. The van der Waals surface area contributed by atoms with Crippen molar-refractivity contribution in [3.8, 4) is 11.5 Å². The summed E-state index contributed by atoms with van der Waals surface area (Å²) >= 11 is 3.37. The molecule has 2 amide bonds. The average molecular weight is 498 g/mol. The third kappa shape index (κ3) is 6.75. The van der Waals surface area contributed by atoms with Gasteiger partial charge in [-0.1, -0.05) is 28.1 Å². The van der Waals surface area contributed by atoms with E-state index in [2.05, 4.69) is 26.6 Å². The summed E-state index contributed by atoms with van der Waals surface area (Å²) in [4.78, 5) is 24.5. The topological polar surface area (TPSA) is 103 Å². The Labute approximate surface area is 195 Å². The highest BCUT2D eigenvalue weighted by atomic mass is 79.9. The predicted molar refractivity (Wildman–Crippen MR) is 129 cm³/mol. The minimum Gasteiger partial charge on any atom is -0.455 e. The van der Waals surface area contributed by atoms with E-state index in [1.54, 1.807) is 75.4 Å². The van der Waals surface area contributed by atoms with Gasteiger partial charge in [-0.05, 0) is 69.3 Å². The zero-order valence-electron chi connectivity index (χ0n) is 17.9. The molecule has 0 spiro atoms. The number of amides is 2. The van der Waals surface area contributed by atoms with Crippen molar-refractivity contribution >= 4 is 45.0 Å². The van der Waals surface area contributed by atoms with Gasteiger partial charge in [-0.2, -0.15) is 0 Å². The number of nitrogen functional groups attached to an aromatic ring is 1. The molecular weight excluding hydrogens is 474 g/mol. The quantitative estimate of drug-likeness (QED) is 0.352. The summed E-state index contributed by atoms with van der Waals surface area (Å²) in [6, 6.07) is 18.9. The summed E-state index contributed by atoms with van der Waals surface area (Å²) in [6.07, 6.45) is -0.560. The summed E-state index contributed by atoms with van der Waals surface area (Å²) in [5.41, 5.74) is 7.39. The lowest BCUT2D eigenvalue weighted by Crippen LogP contribution is -2.27. The van der Waals surface area contributed by atoms with Crippen LogP contribution in [0.3, 0.4) is 0 Å². The van der Waals surface area contributed by atoms with Crippen LogP contribution in [0.2, 0.25) is 0 Å². The fourth-order valence-corrected chi connectivity index (χ4v) is 3.14. The van der Waals surface area contributed by atoms with Gasteiger partial charge in [0.05, 0.1) is 5.69 Å². The lowest BCUT2D eigenvalue weighted by Gasteiger charge is -2.19. The van der Waals surface area contributed by atoms with Crippen molar-refractivity contribution in [2.75, 3.05) is 16.4 Å². The molecule has 3 aromatic carbocycles. The van der Waals surface area contributed by atoms with Gasteiger partial charge in [-0.3, -0.25) is 10.1 Å². The third-order valence-corrected chi connectivity index (χ3v) is 4.55. The fourth-order valence-electron chi connectivity index (χ4n) is 2.74. The van der Waals surface area contributed by atoms with E-state index in [4.69, 9.17) is 15.2 Å². The number of halogens is 1. The van der Waals surface area contributed by atoms with Crippen molar-refractivity contribution in [1.29, 1.82) is 0 Å². The normalized spacial score (nSPS) is 10.9. The molecule has 7 nitrogen and oxygen atoms in total. The van der Waals surface area contributed by atoms with Crippen LogP contribution in [0.4, 0.5) is 21.9 Å². The molecule has 0 fully saturated rings. The summed E-state index contributed by atoms with van der Waals surface area (Å²) in [5, 5.41) is 5.48. The Hall–Kier alpha value is -3.52. The second-order valence-electron chi connectivity index (χ2n) is 7.97. The lowest BCUT2D eigenvalue weighted by molar-refractivity contribution is 0.0635. The standard InChI is InChI=1S/C24H24BrN3O4/c1-24(2,3)32-23(30)28-18-8-5-9-19(14-18)31-21-11-10-15(12-20(21)26)22(29)27-17-7-4-6-16(25)13-17/h4-14H,26H2,1-3H3,(H,27,29)(H,28,30). The smallest absolute Gasteiger partial charge is 0.412 e. The van der Waals surface area contributed by atoms with Crippen molar-refractivity contribution in [3.63, 3.8) is 0 Å². The number of nitrogens with two attached hydrogens (primary N) is 1. The monoisotopic (exact) mass is 497 g/mol. The molecule has 8 heteroatoms. The van der Waals surface area contributed by atoms with Gasteiger partial charge in [-0.15, -0.1) is 0 Å². The second-order valence-corrected chi connectivity index (χ2v) is 8.89. The fraction of sp³-hybridized carbons (Fsp3) is 0.167. The van der Waals surface area contributed by atoms with Crippen LogP contribution in [-0.2, 0) is 4.74 Å². The Balaban J connectivity index is 1.68. The molecule has 4 N–H and O–H groups in total. The van der Waals surface area contributed by atoms with Crippen molar-refractivity contribution in [2.45, 2.75) is 26.4 Å². The van der Waals surface area contributed by atoms with Crippen LogP contribution >= 0.6 is 15.9 Å².